The Kier molecular flexibility index (Phi) is 3.34. The number of likely N-dealkylation sites (tertiary alicyclic amines) is 1. The van der Waals surface area contributed by atoms with Gasteiger partial charge in [-0.05, 0) is 48.3 Å². The van der Waals surface area contributed by atoms with Crippen molar-refractivity contribution < 1.29 is 14.7 Å². The molecule has 1 heterocycles. The van der Waals surface area contributed by atoms with Gasteiger partial charge in [-0.1, -0.05) is 12.1 Å². The average Bonchev–Trinajstić information content (AvgIpc) is 2.88. The fraction of sp³-hybridized carbons (Fsp3) is 0.500. The van der Waals surface area contributed by atoms with Crippen LogP contribution in [0.15, 0.2) is 18.2 Å². The van der Waals surface area contributed by atoms with Gasteiger partial charge in [-0.2, -0.15) is 0 Å². The third-order valence-electron chi connectivity index (χ3n) is 4.78. The molecule has 1 aliphatic heterocycles. The minimum absolute atomic E-state index is 0.189. The SMILES string of the molecule is O=CN1CCC2(CCc3ccc(C(=O)CO)cc3C2)C1. The first-order valence-electron chi connectivity index (χ1n) is 7.11. The lowest BCUT2D eigenvalue weighted by Gasteiger charge is -2.34. The Morgan fingerprint density at radius 1 is 1.35 bits per heavy atom. The highest BCUT2D eigenvalue weighted by molar-refractivity contribution is 5.97. The van der Waals surface area contributed by atoms with Crippen LogP contribution in [0.5, 0.6) is 0 Å². The summed E-state index contributed by atoms with van der Waals surface area (Å²) in [6.45, 7) is 1.23. The number of aliphatic hydroxyl groups excluding tert-OH is 1. The molecule has 3 rings (SSSR count). The molecule has 0 aromatic heterocycles. The van der Waals surface area contributed by atoms with Crippen LogP contribution in [-0.4, -0.2) is 41.9 Å². The maximum absolute atomic E-state index is 11.6. The quantitative estimate of drug-likeness (QED) is 0.665. The number of hydrogen-bond acceptors (Lipinski definition) is 3. The number of carbonyl (C=O) groups is 2. The zero-order valence-corrected chi connectivity index (χ0v) is 11.5. The van der Waals surface area contributed by atoms with E-state index in [4.69, 9.17) is 5.11 Å². The highest BCUT2D eigenvalue weighted by Crippen LogP contribution is 2.42. The predicted octanol–water partition coefficient (Wildman–Crippen LogP) is 1.20. The molecule has 1 aromatic carbocycles. The summed E-state index contributed by atoms with van der Waals surface area (Å²) in [6, 6.07) is 5.75. The van der Waals surface area contributed by atoms with E-state index < -0.39 is 6.61 Å². The first-order chi connectivity index (χ1) is 9.65. The minimum atomic E-state index is -0.442. The Morgan fingerprint density at radius 2 is 2.20 bits per heavy atom. The lowest BCUT2D eigenvalue weighted by molar-refractivity contribution is -0.117. The zero-order chi connectivity index (χ0) is 14.2. The molecular weight excluding hydrogens is 254 g/mol. The first kappa shape index (κ1) is 13.3. The number of hydrogen-bond donors (Lipinski definition) is 1. The molecular formula is C16H19NO3. The van der Waals surface area contributed by atoms with Gasteiger partial charge in [0.05, 0.1) is 0 Å². The molecule has 1 fully saturated rings. The van der Waals surface area contributed by atoms with Gasteiger partial charge in [0.15, 0.2) is 5.78 Å². The van der Waals surface area contributed by atoms with E-state index in [-0.39, 0.29) is 11.2 Å². The van der Waals surface area contributed by atoms with E-state index in [1.54, 1.807) is 0 Å². The summed E-state index contributed by atoms with van der Waals surface area (Å²) in [4.78, 5) is 24.4. The van der Waals surface area contributed by atoms with Crippen molar-refractivity contribution in [3.63, 3.8) is 0 Å². The van der Waals surface area contributed by atoms with E-state index in [1.807, 2.05) is 23.1 Å². The Labute approximate surface area is 118 Å². The number of rotatable bonds is 3. The Morgan fingerprint density at radius 3 is 2.90 bits per heavy atom. The smallest absolute Gasteiger partial charge is 0.209 e. The van der Waals surface area contributed by atoms with Gasteiger partial charge in [0.25, 0.3) is 0 Å². The maximum Gasteiger partial charge on any atom is 0.209 e. The van der Waals surface area contributed by atoms with Crippen LogP contribution in [0, 0.1) is 5.41 Å². The summed E-state index contributed by atoms with van der Waals surface area (Å²) in [5, 5.41) is 8.97. The maximum atomic E-state index is 11.6. The largest absolute Gasteiger partial charge is 0.388 e. The minimum Gasteiger partial charge on any atom is -0.388 e. The Bertz CT molecular complexity index is 555. The van der Waals surface area contributed by atoms with Gasteiger partial charge in [0, 0.05) is 18.7 Å². The van der Waals surface area contributed by atoms with Gasteiger partial charge in [-0.15, -0.1) is 0 Å². The molecule has 20 heavy (non-hydrogen) atoms. The van der Waals surface area contributed by atoms with Crippen molar-refractivity contribution in [1.82, 2.24) is 4.90 Å². The van der Waals surface area contributed by atoms with Gasteiger partial charge in [-0.25, -0.2) is 0 Å². The lowest BCUT2D eigenvalue weighted by atomic mass is 9.71. The number of benzene rings is 1. The van der Waals surface area contributed by atoms with E-state index in [2.05, 4.69) is 0 Å². The molecule has 1 N–H and O–H groups in total. The van der Waals surface area contributed by atoms with Gasteiger partial charge < -0.3 is 10.0 Å². The standard InChI is InChI=1S/C16H19NO3/c18-9-15(20)13-2-1-12-3-4-16(8-14(12)7-13)5-6-17(10-16)11-19/h1-2,7,11,18H,3-6,8-10H2. The molecule has 1 amide bonds. The third kappa shape index (κ3) is 2.24. The monoisotopic (exact) mass is 273 g/mol. The highest BCUT2D eigenvalue weighted by atomic mass is 16.3. The Balaban J connectivity index is 1.86. The molecule has 4 nitrogen and oxygen atoms in total. The second-order valence-electron chi connectivity index (χ2n) is 6.07. The highest BCUT2D eigenvalue weighted by Gasteiger charge is 2.40. The van der Waals surface area contributed by atoms with E-state index in [9.17, 15) is 9.59 Å². The van der Waals surface area contributed by atoms with Crippen molar-refractivity contribution >= 4 is 12.2 Å². The molecule has 0 saturated carbocycles. The molecule has 1 aliphatic carbocycles. The zero-order valence-electron chi connectivity index (χ0n) is 11.5. The third-order valence-corrected chi connectivity index (χ3v) is 4.78. The fourth-order valence-electron chi connectivity index (χ4n) is 3.60. The molecule has 1 spiro atoms. The summed E-state index contributed by atoms with van der Waals surface area (Å²) >= 11 is 0. The molecule has 0 radical (unpaired) electrons. The van der Waals surface area contributed by atoms with Gasteiger partial charge >= 0.3 is 0 Å². The number of ketones is 1. The van der Waals surface area contributed by atoms with Gasteiger partial charge in [0.2, 0.25) is 6.41 Å². The summed E-state index contributed by atoms with van der Waals surface area (Å²) < 4.78 is 0. The van der Waals surface area contributed by atoms with E-state index in [1.165, 1.54) is 11.1 Å². The van der Waals surface area contributed by atoms with Crippen LogP contribution in [-0.2, 0) is 17.6 Å². The number of amides is 1. The number of aliphatic hydroxyl groups is 1. The van der Waals surface area contributed by atoms with Crippen molar-refractivity contribution in [2.24, 2.45) is 5.41 Å². The molecule has 0 bridgehead atoms. The molecule has 1 atom stereocenters. The number of nitrogens with zero attached hydrogens (tertiary/aromatic N) is 1. The van der Waals surface area contributed by atoms with Crippen molar-refractivity contribution in [3.8, 4) is 0 Å². The Hall–Kier alpha value is -1.68. The van der Waals surface area contributed by atoms with E-state index >= 15 is 0 Å². The number of carbonyl (C=O) groups excluding carboxylic acids is 2. The molecule has 1 saturated heterocycles. The molecule has 1 unspecified atom stereocenters. The summed E-state index contributed by atoms with van der Waals surface area (Å²) in [5.74, 6) is -0.228. The molecule has 4 heteroatoms. The number of aryl methyl sites for hydroxylation is 1. The van der Waals surface area contributed by atoms with Gasteiger partial charge in [-0.3, -0.25) is 9.59 Å². The molecule has 2 aliphatic rings. The van der Waals surface area contributed by atoms with Crippen LogP contribution >= 0.6 is 0 Å². The van der Waals surface area contributed by atoms with E-state index in [0.29, 0.717) is 5.56 Å². The summed E-state index contributed by atoms with van der Waals surface area (Å²) in [6.07, 6.45) is 5.03. The first-order valence-corrected chi connectivity index (χ1v) is 7.11. The second-order valence-corrected chi connectivity index (χ2v) is 6.07. The van der Waals surface area contributed by atoms with Crippen LogP contribution in [0.3, 0.4) is 0 Å². The topological polar surface area (TPSA) is 57.6 Å². The van der Waals surface area contributed by atoms with Crippen molar-refractivity contribution in [3.05, 3.63) is 34.9 Å². The fourth-order valence-corrected chi connectivity index (χ4v) is 3.60. The number of fused-ring (bicyclic) bond motifs is 1. The van der Waals surface area contributed by atoms with Crippen molar-refractivity contribution in [2.75, 3.05) is 19.7 Å². The summed E-state index contributed by atoms with van der Waals surface area (Å²) in [5.41, 5.74) is 3.29. The van der Waals surface area contributed by atoms with Crippen LogP contribution in [0.25, 0.3) is 0 Å². The molecule has 1 aromatic rings. The van der Waals surface area contributed by atoms with E-state index in [0.717, 1.165) is 45.2 Å². The number of Topliss-reactive ketones (excluding diaryl/α,β-unsaturated/α-hetero) is 1. The van der Waals surface area contributed by atoms with Crippen molar-refractivity contribution in [1.29, 1.82) is 0 Å². The normalized spacial score (nSPS) is 24.8. The summed E-state index contributed by atoms with van der Waals surface area (Å²) in [7, 11) is 0. The van der Waals surface area contributed by atoms with Crippen LogP contribution in [0.4, 0.5) is 0 Å². The predicted molar refractivity (Wildman–Crippen MR) is 74.6 cm³/mol. The van der Waals surface area contributed by atoms with Crippen LogP contribution < -0.4 is 0 Å². The average molecular weight is 273 g/mol. The molecule has 106 valence electrons. The van der Waals surface area contributed by atoms with Crippen LogP contribution in [0.2, 0.25) is 0 Å². The second kappa shape index (κ2) is 5.02. The van der Waals surface area contributed by atoms with Gasteiger partial charge in [0.1, 0.15) is 6.61 Å². The van der Waals surface area contributed by atoms with Crippen LogP contribution in [0.1, 0.15) is 34.3 Å². The van der Waals surface area contributed by atoms with Crippen molar-refractivity contribution in [2.45, 2.75) is 25.7 Å². The lowest BCUT2D eigenvalue weighted by Crippen LogP contribution is -2.32.